The third kappa shape index (κ3) is 1.54. The fraction of sp³-hybridized carbons (Fsp3) is 1.00. The van der Waals surface area contributed by atoms with Crippen molar-refractivity contribution in [2.45, 2.75) is 50.9 Å². The highest BCUT2D eigenvalue weighted by atomic mass is 16.3. The van der Waals surface area contributed by atoms with E-state index in [-0.39, 0.29) is 0 Å². The van der Waals surface area contributed by atoms with Gasteiger partial charge in [0.2, 0.25) is 0 Å². The molecule has 2 rings (SSSR count). The molecule has 1 nitrogen and oxygen atoms in total. The highest BCUT2D eigenvalue weighted by molar-refractivity contribution is 6.13. The van der Waals surface area contributed by atoms with Gasteiger partial charge in [-0.2, -0.15) is 0 Å². The van der Waals surface area contributed by atoms with E-state index in [1.807, 2.05) is 14.8 Å². The zero-order valence-electron chi connectivity index (χ0n) is 8.27. The average Bonchev–Trinajstić information content (AvgIpc) is 2.40. The molecular weight excluding hydrogens is 147 g/mol. The molecule has 0 radical (unpaired) electrons. The number of rotatable bonds is 2. The smallest absolute Gasteiger partial charge is 0.142 e. The van der Waals surface area contributed by atoms with Gasteiger partial charge < -0.3 is 5.11 Å². The Balaban J connectivity index is 2.03. The minimum Gasteiger partial charge on any atom is -0.399 e. The van der Waals surface area contributed by atoms with Gasteiger partial charge in [-0.25, -0.2) is 0 Å². The summed E-state index contributed by atoms with van der Waals surface area (Å²) >= 11 is 0. The molecule has 2 aliphatic carbocycles. The summed E-state index contributed by atoms with van der Waals surface area (Å²) in [6.45, 7) is 1.95. The van der Waals surface area contributed by atoms with Crippen LogP contribution in [0.2, 0.25) is 0 Å². The molecule has 12 heavy (non-hydrogen) atoms. The van der Waals surface area contributed by atoms with Crippen molar-refractivity contribution in [2.75, 3.05) is 0 Å². The summed E-state index contributed by atoms with van der Waals surface area (Å²) in [6, 6.07) is 0. The van der Waals surface area contributed by atoms with E-state index in [0.29, 0.717) is 5.41 Å². The van der Waals surface area contributed by atoms with Crippen LogP contribution in [0.5, 0.6) is 0 Å². The van der Waals surface area contributed by atoms with E-state index in [4.69, 9.17) is 0 Å². The largest absolute Gasteiger partial charge is 0.399 e. The Morgan fingerprint density at radius 2 is 2.08 bits per heavy atom. The molecule has 0 spiro atoms. The molecule has 0 amide bonds. The molecule has 0 heterocycles. The third-order valence-corrected chi connectivity index (χ3v) is 3.70. The highest BCUT2D eigenvalue weighted by Crippen LogP contribution is 2.57. The molecule has 1 N–H and O–H groups in total. The van der Waals surface area contributed by atoms with Crippen LogP contribution in [0.15, 0.2) is 0 Å². The van der Waals surface area contributed by atoms with Crippen molar-refractivity contribution in [1.29, 1.82) is 0 Å². The van der Waals surface area contributed by atoms with Gasteiger partial charge >= 0.3 is 0 Å². The molecule has 1 atom stereocenters. The maximum Gasteiger partial charge on any atom is 0.142 e. The van der Waals surface area contributed by atoms with Crippen molar-refractivity contribution < 1.29 is 5.11 Å². The summed E-state index contributed by atoms with van der Waals surface area (Å²) < 4.78 is 0. The lowest BCUT2D eigenvalue weighted by atomic mass is 9.68. The number of aliphatic hydroxyl groups is 1. The summed E-state index contributed by atoms with van der Waals surface area (Å²) in [5.41, 5.74) is 0.0994. The van der Waals surface area contributed by atoms with E-state index >= 15 is 0 Å². The van der Waals surface area contributed by atoms with Gasteiger partial charge in [0, 0.05) is 5.50 Å². The van der Waals surface area contributed by atoms with Crippen molar-refractivity contribution in [3.8, 4) is 0 Å². The zero-order chi connectivity index (χ0) is 8.82. The highest BCUT2D eigenvalue weighted by Gasteiger charge is 2.46. The van der Waals surface area contributed by atoms with Crippen LogP contribution >= 0.6 is 0 Å². The van der Waals surface area contributed by atoms with Crippen molar-refractivity contribution in [3.63, 3.8) is 0 Å². The van der Waals surface area contributed by atoms with Gasteiger partial charge in [0.05, 0.1) is 0 Å². The van der Waals surface area contributed by atoms with E-state index < -0.39 is 5.50 Å². The molecule has 2 fully saturated rings. The van der Waals surface area contributed by atoms with Crippen molar-refractivity contribution in [3.05, 3.63) is 0 Å². The second-order valence-electron chi connectivity index (χ2n) is 5.64. The molecule has 1 unspecified atom stereocenters. The van der Waals surface area contributed by atoms with E-state index in [0.717, 1.165) is 12.3 Å². The normalized spacial score (nSPS) is 44.7. The summed E-state index contributed by atoms with van der Waals surface area (Å²) in [5, 5.41) is 9.79. The molecule has 2 bridgehead atoms. The van der Waals surface area contributed by atoms with Gasteiger partial charge in [-0.05, 0) is 56.8 Å². The average molecular weight is 166 g/mol. The van der Waals surface area contributed by atoms with Crippen LogP contribution in [0.3, 0.4) is 0 Å². The lowest BCUT2D eigenvalue weighted by molar-refractivity contribution is 0.0782. The van der Waals surface area contributed by atoms with E-state index in [2.05, 4.69) is 0 Å². The Bertz CT molecular complexity index is 175. The number of hydrogen-bond donors (Lipinski definition) is 1. The van der Waals surface area contributed by atoms with Gasteiger partial charge in [0.25, 0.3) is 0 Å². The van der Waals surface area contributed by atoms with Gasteiger partial charge in [-0.1, -0.05) is 0 Å². The maximum atomic E-state index is 9.79. The Morgan fingerprint density at radius 3 is 2.42 bits per heavy atom. The van der Waals surface area contributed by atoms with E-state index in [9.17, 15) is 5.11 Å². The molecule has 0 saturated heterocycles. The van der Waals surface area contributed by atoms with Crippen LogP contribution in [0, 0.1) is 11.3 Å². The molecule has 2 heteroatoms. The summed E-state index contributed by atoms with van der Waals surface area (Å²) in [7, 11) is 1.95. The first-order chi connectivity index (χ1) is 5.49. The maximum absolute atomic E-state index is 9.79. The van der Waals surface area contributed by atoms with Gasteiger partial charge in [-0.3, -0.25) is 0 Å². The third-order valence-electron chi connectivity index (χ3n) is 3.70. The fourth-order valence-electron chi connectivity index (χ4n) is 3.48. The standard InChI is InChI=1S/C10H19BO/c1-9(11,12)7-10-4-2-8(6-10)3-5-10/h8,12H,2-7,11H2,1H3. The van der Waals surface area contributed by atoms with Crippen LogP contribution in [0.1, 0.15) is 45.4 Å². The first kappa shape index (κ1) is 8.62. The van der Waals surface area contributed by atoms with Crippen LogP contribution in [0.25, 0.3) is 0 Å². The minimum atomic E-state index is -0.445. The predicted molar refractivity (Wildman–Crippen MR) is 52.8 cm³/mol. The first-order valence-corrected chi connectivity index (χ1v) is 5.22. The topological polar surface area (TPSA) is 20.2 Å². The van der Waals surface area contributed by atoms with Crippen LogP contribution < -0.4 is 0 Å². The van der Waals surface area contributed by atoms with Crippen LogP contribution in [-0.4, -0.2) is 18.5 Å². The molecular formula is C10H19BO. The summed E-state index contributed by atoms with van der Waals surface area (Å²) in [4.78, 5) is 0. The lowest BCUT2D eigenvalue weighted by Crippen LogP contribution is -2.32. The Morgan fingerprint density at radius 1 is 1.50 bits per heavy atom. The summed E-state index contributed by atoms with van der Waals surface area (Å²) in [5.74, 6) is 1.01. The van der Waals surface area contributed by atoms with Crippen molar-refractivity contribution in [2.24, 2.45) is 11.3 Å². The SMILES string of the molecule is BC(C)(O)CC12CCC(CC1)C2. The lowest BCUT2D eigenvalue weighted by Gasteiger charge is -2.33. The van der Waals surface area contributed by atoms with Gasteiger partial charge in [-0.15, -0.1) is 0 Å². The Kier molecular flexibility index (Phi) is 1.80. The molecule has 2 saturated carbocycles. The molecule has 0 aromatic rings. The minimum absolute atomic E-state index is 0.445. The first-order valence-electron chi connectivity index (χ1n) is 5.22. The molecule has 0 aromatic heterocycles. The molecule has 68 valence electrons. The fourth-order valence-corrected chi connectivity index (χ4v) is 3.48. The number of hydrogen-bond acceptors (Lipinski definition) is 1. The van der Waals surface area contributed by atoms with Gasteiger partial charge in [0.15, 0.2) is 0 Å². The second kappa shape index (κ2) is 2.51. The van der Waals surface area contributed by atoms with Crippen molar-refractivity contribution in [1.82, 2.24) is 0 Å². The Hall–Kier alpha value is 0.0249. The van der Waals surface area contributed by atoms with Gasteiger partial charge in [0.1, 0.15) is 7.85 Å². The number of fused-ring (bicyclic) bond motifs is 2. The van der Waals surface area contributed by atoms with Crippen LogP contribution in [-0.2, 0) is 0 Å². The Labute approximate surface area is 76.0 Å². The summed E-state index contributed by atoms with van der Waals surface area (Å²) in [6.07, 6.45) is 8.03. The van der Waals surface area contributed by atoms with E-state index in [1.165, 1.54) is 32.1 Å². The molecule has 0 aliphatic heterocycles. The molecule has 0 aromatic carbocycles. The second-order valence-corrected chi connectivity index (χ2v) is 5.64. The molecule has 2 aliphatic rings. The monoisotopic (exact) mass is 166 g/mol. The van der Waals surface area contributed by atoms with Crippen LogP contribution in [0.4, 0.5) is 0 Å². The predicted octanol–water partition coefficient (Wildman–Crippen LogP) is 1.30. The zero-order valence-corrected chi connectivity index (χ0v) is 8.27. The van der Waals surface area contributed by atoms with Crippen molar-refractivity contribution >= 4 is 7.85 Å². The van der Waals surface area contributed by atoms with E-state index in [1.54, 1.807) is 0 Å². The quantitative estimate of drug-likeness (QED) is 0.613.